The lowest BCUT2D eigenvalue weighted by Crippen LogP contribution is -2.06. The van der Waals surface area contributed by atoms with Gasteiger partial charge in [-0.2, -0.15) is 0 Å². The van der Waals surface area contributed by atoms with Gasteiger partial charge in [-0.3, -0.25) is 0 Å². The van der Waals surface area contributed by atoms with Crippen molar-refractivity contribution in [1.29, 1.82) is 0 Å². The van der Waals surface area contributed by atoms with Gasteiger partial charge in [0.1, 0.15) is 11.4 Å². The number of hydrogen-bond acceptors (Lipinski definition) is 4. The van der Waals surface area contributed by atoms with E-state index in [1.807, 2.05) is 41.5 Å². The van der Waals surface area contributed by atoms with Gasteiger partial charge in [0, 0.05) is 0 Å². The Bertz CT molecular complexity index is 1070. The van der Waals surface area contributed by atoms with E-state index in [2.05, 4.69) is 15.0 Å². The van der Waals surface area contributed by atoms with Crippen LogP contribution >= 0.6 is 0 Å². The van der Waals surface area contributed by atoms with Crippen molar-refractivity contribution < 1.29 is 19.1 Å². The second-order valence-electron chi connectivity index (χ2n) is 7.82. The summed E-state index contributed by atoms with van der Waals surface area (Å²) in [4.78, 5) is 34.7. The minimum absolute atomic E-state index is 0.324. The Labute approximate surface area is 182 Å². The van der Waals surface area contributed by atoms with Crippen molar-refractivity contribution in [3.8, 4) is 22.8 Å². The summed E-state index contributed by atoms with van der Waals surface area (Å²) in [6.45, 7) is 16.1. The van der Waals surface area contributed by atoms with Crippen LogP contribution in [0.3, 0.4) is 0 Å². The van der Waals surface area contributed by atoms with Crippen LogP contribution in [0.2, 0.25) is 0 Å². The Hall–Kier alpha value is -3.22. The van der Waals surface area contributed by atoms with Gasteiger partial charge in [-0.15, -0.1) is 0 Å². The van der Waals surface area contributed by atoms with Crippen LogP contribution in [0, 0.1) is 41.5 Å². The summed E-state index contributed by atoms with van der Waals surface area (Å²) < 4.78 is 10.4. The fraction of sp³-hybridized carbons (Fsp3) is 0.417. The maximum atomic E-state index is 12.3. The molecule has 0 unspecified atom stereocenters. The smallest absolute Gasteiger partial charge is 0.355 e. The molecule has 3 aromatic rings. The molecule has 0 amide bonds. The predicted molar refractivity (Wildman–Crippen MR) is 121 cm³/mol. The van der Waals surface area contributed by atoms with Crippen LogP contribution in [0.4, 0.5) is 0 Å². The van der Waals surface area contributed by atoms with Gasteiger partial charge in [-0.25, -0.2) is 9.59 Å². The van der Waals surface area contributed by atoms with Gasteiger partial charge in [0.15, 0.2) is 0 Å². The van der Waals surface area contributed by atoms with Gasteiger partial charge in [0.25, 0.3) is 0 Å². The zero-order valence-corrected chi connectivity index (χ0v) is 19.5. The van der Waals surface area contributed by atoms with E-state index in [9.17, 15) is 9.59 Å². The highest BCUT2D eigenvalue weighted by atomic mass is 16.5. The topological polar surface area (TPSA) is 100.0 Å². The minimum Gasteiger partial charge on any atom is -0.461 e. The molecule has 0 aliphatic heterocycles. The van der Waals surface area contributed by atoms with Crippen molar-refractivity contribution in [2.45, 2.75) is 55.4 Å². The molecule has 0 atom stereocenters. The molecule has 31 heavy (non-hydrogen) atoms. The molecule has 0 aliphatic rings. The van der Waals surface area contributed by atoms with Crippen molar-refractivity contribution in [3.05, 3.63) is 44.8 Å². The number of ether oxygens (including phenoxy) is 2. The highest BCUT2D eigenvalue weighted by Gasteiger charge is 2.25. The first-order chi connectivity index (χ1) is 14.6. The second kappa shape index (κ2) is 8.49. The molecule has 0 fully saturated rings. The van der Waals surface area contributed by atoms with E-state index in [1.165, 1.54) is 0 Å². The molecule has 0 radical (unpaired) electrons. The molecule has 7 heteroatoms. The van der Waals surface area contributed by atoms with E-state index in [0.717, 1.165) is 56.2 Å². The third-order valence-electron chi connectivity index (χ3n) is 6.15. The number of carbonyl (C=O) groups excluding carboxylic acids is 2. The first-order valence-electron chi connectivity index (χ1n) is 10.6. The molecular weight excluding hydrogens is 394 g/mol. The van der Waals surface area contributed by atoms with Crippen molar-refractivity contribution >= 4 is 11.9 Å². The molecule has 166 valence electrons. The summed E-state index contributed by atoms with van der Waals surface area (Å²) >= 11 is 0. The standard InChI is InChI=1S/C24H31N3O4/c1-9-30-23(28)21-15(7)13(5)19(26-21)17-11(3)12(4)18(25-17)20-14(6)16(8)22(27-20)24(29)31-10-2/h25-27H,9-10H2,1-8H3. The molecule has 3 heterocycles. The molecule has 0 aliphatic carbocycles. The van der Waals surface area contributed by atoms with Crippen LogP contribution in [0.25, 0.3) is 22.8 Å². The molecule has 0 aromatic carbocycles. The Morgan fingerprint density at radius 1 is 0.548 bits per heavy atom. The average molecular weight is 426 g/mol. The summed E-state index contributed by atoms with van der Waals surface area (Å²) in [6, 6.07) is 0. The van der Waals surface area contributed by atoms with Gasteiger partial charge in [0.05, 0.1) is 36.0 Å². The average Bonchev–Trinajstić information content (AvgIpc) is 3.30. The maximum absolute atomic E-state index is 12.3. The van der Waals surface area contributed by atoms with E-state index >= 15 is 0 Å². The number of rotatable bonds is 6. The first-order valence-corrected chi connectivity index (χ1v) is 10.6. The second-order valence-corrected chi connectivity index (χ2v) is 7.82. The van der Waals surface area contributed by atoms with E-state index in [-0.39, 0.29) is 11.9 Å². The van der Waals surface area contributed by atoms with Crippen LogP contribution in [0.1, 0.15) is 68.2 Å². The normalized spacial score (nSPS) is 11.1. The van der Waals surface area contributed by atoms with Crippen molar-refractivity contribution in [2.24, 2.45) is 0 Å². The summed E-state index contributed by atoms with van der Waals surface area (Å²) in [7, 11) is 0. The molecule has 3 N–H and O–H groups in total. The Kier molecular flexibility index (Phi) is 6.15. The molecule has 0 bridgehead atoms. The Balaban J connectivity index is 2.13. The van der Waals surface area contributed by atoms with Crippen LogP contribution in [-0.2, 0) is 9.47 Å². The van der Waals surface area contributed by atoms with Crippen LogP contribution in [0.15, 0.2) is 0 Å². The molecule has 0 spiro atoms. The quantitative estimate of drug-likeness (QED) is 0.472. The third kappa shape index (κ3) is 3.69. The number of aromatic nitrogens is 3. The molecular formula is C24H31N3O4. The van der Waals surface area contributed by atoms with Crippen LogP contribution in [-0.4, -0.2) is 40.1 Å². The number of carbonyl (C=O) groups is 2. The lowest BCUT2D eigenvalue weighted by Gasteiger charge is -2.01. The first kappa shape index (κ1) is 22.5. The van der Waals surface area contributed by atoms with Gasteiger partial charge in [0.2, 0.25) is 0 Å². The Morgan fingerprint density at radius 3 is 1.16 bits per heavy atom. The fourth-order valence-corrected chi connectivity index (χ4v) is 3.88. The number of aromatic amines is 3. The number of H-pyrrole nitrogens is 3. The van der Waals surface area contributed by atoms with Crippen LogP contribution < -0.4 is 0 Å². The van der Waals surface area contributed by atoms with Crippen molar-refractivity contribution in [2.75, 3.05) is 13.2 Å². The summed E-state index contributed by atoms with van der Waals surface area (Å²) in [6.07, 6.45) is 0. The van der Waals surface area contributed by atoms with E-state index in [1.54, 1.807) is 13.8 Å². The van der Waals surface area contributed by atoms with Gasteiger partial charge >= 0.3 is 11.9 Å². The van der Waals surface area contributed by atoms with E-state index in [0.29, 0.717) is 24.6 Å². The highest BCUT2D eigenvalue weighted by Crippen LogP contribution is 2.37. The lowest BCUT2D eigenvalue weighted by atomic mass is 10.0. The highest BCUT2D eigenvalue weighted by molar-refractivity contribution is 5.93. The molecule has 3 rings (SSSR count). The van der Waals surface area contributed by atoms with Crippen molar-refractivity contribution in [1.82, 2.24) is 15.0 Å². The predicted octanol–water partition coefficient (Wildman–Crippen LogP) is 5.21. The summed E-state index contributed by atoms with van der Waals surface area (Å²) in [5.74, 6) is -0.712. The SMILES string of the molecule is CCOC(=O)c1[nH]c(-c2[nH]c(-c3[nH]c(C(=O)OCC)c(C)c3C)c(C)c2C)c(C)c1C. The van der Waals surface area contributed by atoms with E-state index < -0.39 is 0 Å². The van der Waals surface area contributed by atoms with Gasteiger partial charge in [-0.1, -0.05) is 0 Å². The maximum Gasteiger partial charge on any atom is 0.355 e. The monoisotopic (exact) mass is 425 g/mol. The zero-order valence-electron chi connectivity index (χ0n) is 19.5. The molecule has 7 nitrogen and oxygen atoms in total. The Morgan fingerprint density at radius 2 is 0.839 bits per heavy atom. The van der Waals surface area contributed by atoms with Crippen LogP contribution in [0.5, 0.6) is 0 Å². The number of nitrogens with one attached hydrogen (secondary N) is 3. The van der Waals surface area contributed by atoms with Crippen molar-refractivity contribution in [3.63, 3.8) is 0 Å². The van der Waals surface area contributed by atoms with Gasteiger partial charge < -0.3 is 24.4 Å². The third-order valence-corrected chi connectivity index (χ3v) is 6.15. The van der Waals surface area contributed by atoms with Gasteiger partial charge in [-0.05, 0) is 88.8 Å². The largest absolute Gasteiger partial charge is 0.461 e. The summed E-state index contributed by atoms with van der Waals surface area (Å²) in [5.41, 5.74) is 10.3. The fourth-order valence-electron chi connectivity index (χ4n) is 3.88. The lowest BCUT2D eigenvalue weighted by molar-refractivity contribution is 0.0510. The molecule has 0 saturated carbocycles. The summed E-state index contributed by atoms with van der Waals surface area (Å²) in [5, 5.41) is 0. The minimum atomic E-state index is -0.356. The molecule has 0 saturated heterocycles. The molecule has 3 aromatic heterocycles. The number of hydrogen-bond donors (Lipinski definition) is 3. The zero-order chi connectivity index (χ0) is 23.0. The number of esters is 2. The van der Waals surface area contributed by atoms with E-state index in [4.69, 9.17) is 9.47 Å².